The molecule has 2 N–H and O–H groups in total. The van der Waals surface area contributed by atoms with E-state index >= 15 is 0 Å². The molecule has 1 aliphatic carbocycles. The number of imidazole rings is 1. The Labute approximate surface area is 93.7 Å². The fraction of sp³-hybridized carbons (Fsp3) is 0.636. The first-order chi connectivity index (χ1) is 7.50. The number of rotatable bonds is 3. The molecule has 0 fully saturated rings. The third-order valence-corrected chi connectivity index (χ3v) is 3.05. The van der Waals surface area contributed by atoms with E-state index in [1.165, 1.54) is 6.92 Å². The minimum absolute atomic E-state index is 0.0602. The molecule has 1 aromatic rings. The fourth-order valence-electron chi connectivity index (χ4n) is 2.07. The van der Waals surface area contributed by atoms with Crippen LogP contribution in [0.25, 0.3) is 0 Å². The molecule has 0 amide bonds. The van der Waals surface area contributed by atoms with Crippen LogP contribution in [0, 0.1) is 0 Å². The average molecular weight is 224 g/mol. The monoisotopic (exact) mass is 224 g/mol. The highest BCUT2D eigenvalue weighted by atomic mass is 16.4. The molecule has 16 heavy (non-hydrogen) atoms. The third kappa shape index (κ3) is 1.95. The van der Waals surface area contributed by atoms with Gasteiger partial charge in [-0.2, -0.15) is 0 Å². The van der Waals surface area contributed by atoms with Crippen molar-refractivity contribution in [3.05, 3.63) is 17.7 Å². The van der Waals surface area contributed by atoms with Crippen molar-refractivity contribution in [2.24, 2.45) is 0 Å². The predicted octanol–water partition coefficient (Wildman–Crippen LogP) is 0.598. The summed E-state index contributed by atoms with van der Waals surface area (Å²) in [4.78, 5) is 15.1. The highest BCUT2D eigenvalue weighted by molar-refractivity contribution is 5.76. The molecule has 0 spiro atoms. The highest BCUT2D eigenvalue weighted by Gasteiger charge is 2.31. The number of carbonyl (C=O) groups is 1. The standard InChI is InChI=1S/C11H16N2O3/c1-11(16,10(14)15)6-13-7-12-8-4-2-3-5-9(8)13/h7,16H,2-6H2,1H3,(H,14,15). The summed E-state index contributed by atoms with van der Waals surface area (Å²) < 4.78 is 1.77. The summed E-state index contributed by atoms with van der Waals surface area (Å²) in [6, 6.07) is 0. The maximum absolute atomic E-state index is 10.8. The van der Waals surface area contributed by atoms with Crippen LogP contribution in [-0.2, 0) is 24.2 Å². The maximum atomic E-state index is 10.8. The fourth-order valence-corrected chi connectivity index (χ4v) is 2.07. The Morgan fingerprint density at radius 1 is 1.56 bits per heavy atom. The van der Waals surface area contributed by atoms with Gasteiger partial charge in [0.2, 0.25) is 0 Å². The van der Waals surface area contributed by atoms with Crippen LogP contribution in [0.3, 0.4) is 0 Å². The molecule has 1 aliphatic rings. The zero-order valence-electron chi connectivity index (χ0n) is 9.31. The molecule has 5 nitrogen and oxygen atoms in total. The largest absolute Gasteiger partial charge is 0.479 e. The van der Waals surface area contributed by atoms with Crippen molar-refractivity contribution in [3.8, 4) is 0 Å². The molecule has 5 heteroatoms. The van der Waals surface area contributed by atoms with Gasteiger partial charge in [0.25, 0.3) is 0 Å². The Kier molecular flexibility index (Phi) is 2.71. The van der Waals surface area contributed by atoms with Crippen molar-refractivity contribution >= 4 is 5.97 Å². The van der Waals surface area contributed by atoms with Gasteiger partial charge in [-0.25, -0.2) is 9.78 Å². The summed E-state index contributed by atoms with van der Waals surface area (Å²) in [5, 5.41) is 18.6. The molecule has 1 heterocycles. The number of aliphatic hydroxyl groups is 1. The Balaban J connectivity index is 2.22. The number of nitrogens with zero attached hydrogens (tertiary/aromatic N) is 2. The lowest BCUT2D eigenvalue weighted by Gasteiger charge is -2.21. The number of aryl methyl sites for hydroxylation is 1. The van der Waals surface area contributed by atoms with E-state index in [-0.39, 0.29) is 6.54 Å². The molecule has 0 saturated carbocycles. The van der Waals surface area contributed by atoms with Gasteiger partial charge < -0.3 is 14.8 Å². The second-order valence-corrected chi connectivity index (χ2v) is 4.55. The van der Waals surface area contributed by atoms with E-state index in [1.54, 1.807) is 10.9 Å². The predicted molar refractivity (Wildman–Crippen MR) is 57.1 cm³/mol. The first-order valence-corrected chi connectivity index (χ1v) is 5.49. The zero-order valence-corrected chi connectivity index (χ0v) is 9.31. The smallest absolute Gasteiger partial charge is 0.337 e. The van der Waals surface area contributed by atoms with Crippen LogP contribution in [0.4, 0.5) is 0 Å². The van der Waals surface area contributed by atoms with Crippen LogP contribution >= 0.6 is 0 Å². The molecule has 0 aliphatic heterocycles. The minimum atomic E-state index is -1.73. The van der Waals surface area contributed by atoms with E-state index in [2.05, 4.69) is 4.98 Å². The average Bonchev–Trinajstić information content (AvgIpc) is 2.61. The van der Waals surface area contributed by atoms with E-state index in [1.807, 2.05) is 0 Å². The first kappa shape index (κ1) is 11.1. The maximum Gasteiger partial charge on any atom is 0.337 e. The van der Waals surface area contributed by atoms with Gasteiger partial charge in [0.05, 0.1) is 18.6 Å². The Bertz CT molecular complexity index is 409. The van der Waals surface area contributed by atoms with Gasteiger partial charge in [-0.1, -0.05) is 0 Å². The SMILES string of the molecule is CC(O)(Cn1cnc2c1CCCC2)C(=O)O. The second-order valence-electron chi connectivity index (χ2n) is 4.55. The molecule has 1 aromatic heterocycles. The minimum Gasteiger partial charge on any atom is -0.479 e. The molecular formula is C11H16N2O3. The number of carboxylic acids is 1. The summed E-state index contributed by atoms with van der Waals surface area (Å²) >= 11 is 0. The van der Waals surface area contributed by atoms with Crippen LogP contribution in [0.5, 0.6) is 0 Å². The van der Waals surface area contributed by atoms with Gasteiger partial charge in [-0.05, 0) is 32.6 Å². The van der Waals surface area contributed by atoms with Gasteiger partial charge in [-0.3, -0.25) is 0 Å². The zero-order chi connectivity index (χ0) is 11.8. The number of aliphatic carboxylic acids is 1. The normalized spacial score (nSPS) is 18.9. The van der Waals surface area contributed by atoms with Crippen molar-refractivity contribution in [3.63, 3.8) is 0 Å². The van der Waals surface area contributed by atoms with E-state index in [0.29, 0.717) is 0 Å². The van der Waals surface area contributed by atoms with Gasteiger partial charge in [0.1, 0.15) is 0 Å². The summed E-state index contributed by atoms with van der Waals surface area (Å²) in [6.07, 6.45) is 5.75. The van der Waals surface area contributed by atoms with Crippen LogP contribution in [0.1, 0.15) is 31.2 Å². The summed E-state index contributed by atoms with van der Waals surface area (Å²) in [5.74, 6) is -1.20. The number of hydrogen-bond donors (Lipinski definition) is 2. The van der Waals surface area contributed by atoms with Crippen molar-refractivity contribution in [2.75, 3.05) is 0 Å². The van der Waals surface area contributed by atoms with Crippen molar-refractivity contribution in [1.29, 1.82) is 0 Å². The molecular weight excluding hydrogens is 208 g/mol. The number of aromatic nitrogens is 2. The van der Waals surface area contributed by atoms with E-state index in [0.717, 1.165) is 37.1 Å². The topological polar surface area (TPSA) is 75.3 Å². The van der Waals surface area contributed by atoms with Crippen molar-refractivity contribution in [1.82, 2.24) is 9.55 Å². The Morgan fingerprint density at radius 2 is 2.25 bits per heavy atom. The Morgan fingerprint density at radius 3 is 2.94 bits per heavy atom. The third-order valence-electron chi connectivity index (χ3n) is 3.05. The lowest BCUT2D eigenvalue weighted by atomic mass is 10.0. The van der Waals surface area contributed by atoms with Crippen LogP contribution in [0.2, 0.25) is 0 Å². The molecule has 1 unspecified atom stereocenters. The molecule has 1 atom stereocenters. The molecule has 0 aromatic carbocycles. The lowest BCUT2D eigenvalue weighted by molar-refractivity contribution is -0.157. The van der Waals surface area contributed by atoms with E-state index < -0.39 is 11.6 Å². The van der Waals surface area contributed by atoms with E-state index in [4.69, 9.17) is 5.11 Å². The van der Waals surface area contributed by atoms with Gasteiger partial charge >= 0.3 is 5.97 Å². The van der Waals surface area contributed by atoms with Crippen molar-refractivity contribution < 1.29 is 15.0 Å². The number of carboxylic acid groups (broad SMARTS) is 1. The first-order valence-electron chi connectivity index (χ1n) is 5.49. The number of fused-ring (bicyclic) bond motifs is 1. The highest BCUT2D eigenvalue weighted by Crippen LogP contribution is 2.21. The molecule has 0 radical (unpaired) electrons. The van der Waals surface area contributed by atoms with Gasteiger partial charge in [-0.15, -0.1) is 0 Å². The molecule has 2 rings (SSSR count). The quantitative estimate of drug-likeness (QED) is 0.788. The summed E-state index contributed by atoms with van der Waals surface area (Å²) in [7, 11) is 0. The summed E-state index contributed by atoms with van der Waals surface area (Å²) in [5.41, 5.74) is 0.395. The number of hydrogen-bond acceptors (Lipinski definition) is 3. The summed E-state index contributed by atoms with van der Waals surface area (Å²) in [6.45, 7) is 1.37. The molecule has 0 bridgehead atoms. The molecule has 0 saturated heterocycles. The second kappa shape index (κ2) is 3.90. The van der Waals surface area contributed by atoms with Crippen LogP contribution < -0.4 is 0 Å². The van der Waals surface area contributed by atoms with Crippen molar-refractivity contribution in [2.45, 2.75) is 44.8 Å². The van der Waals surface area contributed by atoms with Crippen LogP contribution in [0.15, 0.2) is 6.33 Å². The Hall–Kier alpha value is -1.36. The van der Waals surface area contributed by atoms with Gasteiger partial charge in [0, 0.05) is 5.69 Å². The lowest BCUT2D eigenvalue weighted by Crippen LogP contribution is -2.39. The molecule has 88 valence electrons. The van der Waals surface area contributed by atoms with E-state index in [9.17, 15) is 9.90 Å². The van der Waals surface area contributed by atoms with Gasteiger partial charge in [0.15, 0.2) is 5.60 Å². The van der Waals surface area contributed by atoms with Crippen LogP contribution in [-0.4, -0.2) is 31.3 Å².